The van der Waals surface area contributed by atoms with Crippen LogP contribution in [-0.2, 0) is 27.7 Å². The largest absolute Gasteiger partial charge is 0.351 e. The Morgan fingerprint density at radius 3 is 2.10 bits per heavy atom. The number of carbonyl (C=O) groups is 1. The number of carbonyl (C=O) groups excluding carboxylic acids is 1. The summed E-state index contributed by atoms with van der Waals surface area (Å²) in [4.78, 5) is 12.8. The van der Waals surface area contributed by atoms with Crippen molar-refractivity contribution in [1.82, 2.24) is 9.62 Å². The zero-order valence-corrected chi connectivity index (χ0v) is 19.4. The van der Waals surface area contributed by atoms with Gasteiger partial charge in [0.25, 0.3) is 0 Å². The molecule has 0 aromatic heterocycles. The van der Waals surface area contributed by atoms with E-state index in [0.29, 0.717) is 32.4 Å². The van der Waals surface area contributed by atoms with E-state index < -0.39 is 10.0 Å². The van der Waals surface area contributed by atoms with Crippen LogP contribution in [0.1, 0.15) is 44.2 Å². The van der Waals surface area contributed by atoms with Gasteiger partial charge in [0.15, 0.2) is 0 Å². The Kier molecular flexibility index (Phi) is 7.89. The molecule has 0 atom stereocenters. The first-order chi connectivity index (χ1) is 14.8. The first kappa shape index (κ1) is 23.5. The Balaban J connectivity index is 1.45. The minimum atomic E-state index is -3.28. The summed E-state index contributed by atoms with van der Waals surface area (Å²) in [7, 11) is -3.28. The van der Waals surface area contributed by atoms with Crippen LogP contribution < -0.4 is 5.32 Å². The monoisotopic (exact) mass is 442 g/mol. The fraction of sp³-hybridized carbons (Fsp3) is 0.480. The summed E-state index contributed by atoms with van der Waals surface area (Å²) in [5, 5.41) is 3.17. The van der Waals surface area contributed by atoms with E-state index in [9.17, 15) is 13.2 Å². The number of rotatable bonds is 9. The van der Waals surface area contributed by atoms with E-state index in [-0.39, 0.29) is 23.1 Å². The number of aryl methyl sites for hydroxylation is 1. The van der Waals surface area contributed by atoms with Gasteiger partial charge < -0.3 is 5.32 Å². The predicted molar refractivity (Wildman–Crippen MR) is 125 cm³/mol. The molecular formula is C25H34N2O3S. The summed E-state index contributed by atoms with van der Waals surface area (Å²) in [5.41, 5.74) is 1.99. The molecule has 0 radical (unpaired) electrons. The Morgan fingerprint density at radius 2 is 1.52 bits per heavy atom. The van der Waals surface area contributed by atoms with Crippen molar-refractivity contribution in [3.8, 4) is 0 Å². The molecule has 1 aliphatic rings. The van der Waals surface area contributed by atoms with E-state index in [4.69, 9.17) is 0 Å². The van der Waals surface area contributed by atoms with Crippen molar-refractivity contribution in [2.45, 2.75) is 51.5 Å². The molecule has 3 rings (SSSR count). The summed E-state index contributed by atoms with van der Waals surface area (Å²) in [6.07, 6.45) is 3.28. The van der Waals surface area contributed by atoms with E-state index in [2.05, 4.69) is 17.4 Å². The second-order valence-corrected chi connectivity index (χ2v) is 11.2. The fourth-order valence-corrected chi connectivity index (χ4v) is 5.75. The van der Waals surface area contributed by atoms with Gasteiger partial charge in [-0.1, -0.05) is 60.7 Å². The molecule has 1 aliphatic heterocycles. The molecule has 1 amide bonds. The fourth-order valence-electron chi connectivity index (χ4n) is 4.21. The lowest BCUT2D eigenvalue weighted by Gasteiger charge is -2.33. The smallest absolute Gasteiger partial charge is 0.223 e. The van der Waals surface area contributed by atoms with Crippen LogP contribution in [0.3, 0.4) is 0 Å². The first-order valence-electron chi connectivity index (χ1n) is 11.1. The molecule has 1 heterocycles. The van der Waals surface area contributed by atoms with Crippen molar-refractivity contribution < 1.29 is 13.2 Å². The maximum Gasteiger partial charge on any atom is 0.223 e. The second kappa shape index (κ2) is 10.4. The summed E-state index contributed by atoms with van der Waals surface area (Å²) in [6.45, 7) is 4.91. The molecule has 1 saturated heterocycles. The number of hydrogen-bond acceptors (Lipinski definition) is 3. The zero-order chi connectivity index (χ0) is 22.3. The zero-order valence-electron chi connectivity index (χ0n) is 18.6. The van der Waals surface area contributed by atoms with Gasteiger partial charge in [0.2, 0.25) is 15.9 Å². The molecule has 6 heteroatoms. The van der Waals surface area contributed by atoms with Crippen molar-refractivity contribution in [3.63, 3.8) is 0 Å². The molecule has 0 unspecified atom stereocenters. The third-order valence-electron chi connectivity index (χ3n) is 5.88. The van der Waals surface area contributed by atoms with E-state index >= 15 is 0 Å². The Morgan fingerprint density at radius 1 is 0.968 bits per heavy atom. The van der Waals surface area contributed by atoms with E-state index in [1.54, 1.807) is 4.31 Å². The molecular weight excluding hydrogens is 408 g/mol. The molecule has 0 bridgehead atoms. The lowest BCUT2D eigenvalue weighted by atomic mass is 9.91. The molecule has 31 heavy (non-hydrogen) atoms. The number of sulfonamides is 1. The van der Waals surface area contributed by atoms with Gasteiger partial charge in [-0.05, 0) is 57.1 Å². The SMILES string of the molecule is CC(C)(Cc1ccccc1)NC(=O)C1CCN(S(=O)(=O)CCCc2ccccc2)CC1. The number of nitrogens with one attached hydrogen (secondary N) is 1. The summed E-state index contributed by atoms with van der Waals surface area (Å²) >= 11 is 0. The van der Waals surface area contributed by atoms with E-state index in [1.807, 2.05) is 62.4 Å². The predicted octanol–water partition coefficient (Wildman–Crippen LogP) is 3.80. The first-order valence-corrected chi connectivity index (χ1v) is 12.7. The third kappa shape index (κ3) is 7.18. The maximum absolute atomic E-state index is 12.8. The standard InChI is InChI=1S/C25H34N2O3S/c1-25(2,20-22-12-7-4-8-13-22)26-24(28)23-15-17-27(18-16-23)31(29,30)19-9-14-21-10-5-3-6-11-21/h3-8,10-13,23H,9,14-20H2,1-2H3,(H,26,28). The lowest BCUT2D eigenvalue weighted by Crippen LogP contribution is -2.50. The maximum atomic E-state index is 12.8. The van der Waals surface area contributed by atoms with Gasteiger partial charge in [-0.3, -0.25) is 4.79 Å². The minimum Gasteiger partial charge on any atom is -0.351 e. The number of piperidine rings is 1. The van der Waals surface area contributed by atoms with Gasteiger partial charge in [-0.15, -0.1) is 0 Å². The van der Waals surface area contributed by atoms with Gasteiger partial charge in [-0.2, -0.15) is 0 Å². The van der Waals surface area contributed by atoms with Crippen LogP contribution in [0.5, 0.6) is 0 Å². The van der Waals surface area contributed by atoms with Crippen LogP contribution in [0.15, 0.2) is 60.7 Å². The molecule has 5 nitrogen and oxygen atoms in total. The van der Waals surface area contributed by atoms with Gasteiger partial charge in [0, 0.05) is 24.5 Å². The van der Waals surface area contributed by atoms with E-state index in [0.717, 1.165) is 18.4 Å². The van der Waals surface area contributed by atoms with Crippen molar-refractivity contribution >= 4 is 15.9 Å². The number of nitrogens with zero attached hydrogens (tertiary/aromatic N) is 1. The van der Waals surface area contributed by atoms with Crippen LogP contribution >= 0.6 is 0 Å². The van der Waals surface area contributed by atoms with E-state index in [1.165, 1.54) is 5.56 Å². The summed E-state index contributed by atoms with van der Waals surface area (Å²) in [6, 6.07) is 20.1. The van der Waals surface area contributed by atoms with Crippen LogP contribution in [0.25, 0.3) is 0 Å². The van der Waals surface area contributed by atoms with Crippen molar-refractivity contribution in [2.75, 3.05) is 18.8 Å². The van der Waals surface area contributed by atoms with Crippen molar-refractivity contribution in [1.29, 1.82) is 0 Å². The van der Waals surface area contributed by atoms with Crippen LogP contribution in [-0.4, -0.2) is 43.0 Å². The highest BCUT2D eigenvalue weighted by atomic mass is 32.2. The lowest BCUT2D eigenvalue weighted by molar-refractivity contribution is -0.127. The Bertz CT molecular complexity index is 935. The van der Waals surface area contributed by atoms with Crippen molar-refractivity contribution in [3.05, 3.63) is 71.8 Å². The molecule has 1 fully saturated rings. The highest BCUT2D eigenvalue weighted by molar-refractivity contribution is 7.89. The Labute approximate surface area is 186 Å². The molecule has 0 aliphatic carbocycles. The average Bonchev–Trinajstić information content (AvgIpc) is 2.74. The average molecular weight is 443 g/mol. The van der Waals surface area contributed by atoms with Crippen LogP contribution in [0.4, 0.5) is 0 Å². The highest BCUT2D eigenvalue weighted by Gasteiger charge is 2.32. The van der Waals surface area contributed by atoms with Gasteiger partial charge in [0.1, 0.15) is 0 Å². The van der Waals surface area contributed by atoms with Gasteiger partial charge in [-0.25, -0.2) is 12.7 Å². The third-order valence-corrected chi connectivity index (χ3v) is 7.84. The number of amides is 1. The number of benzene rings is 2. The molecule has 2 aromatic carbocycles. The Hall–Kier alpha value is -2.18. The minimum absolute atomic E-state index is 0.0297. The molecule has 0 saturated carbocycles. The molecule has 1 N–H and O–H groups in total. The van der Waals surface area contributed by atoms with Crippen LogP contribution in [0, 0.1) is 5.92 Å². The highest BCUT2D eigenvalue weighted by Crippen LogP contribution is 2.22. The van der Waals surface area contributed by atoms with Crippen LogP contribution in [0.2, 0.25) is 0 Å². The summed E-state index contributed by atoms with van der Waals surface area (Å²) in [5.74, 6) is 0.0518. The molecule has 0 spiro atoms. The second-order valence-electron chi connectivity index (χ2n) is 9.11. The summed E-state index contributed by atoms with van der Waals surface area (Å²) < 4.78 is 27.0. The van der Waals surface area contributed by atoms with Gasteiger partial charge in [0.05, 0.1) is 5.75 Å². The van der Waals surface area contributed by atoms with Crippen molar-refractivity contribution in [2.24, 2.45) is 5.92 Å². The topological polar surface area (TPSA) is 66.5 Å². The molecule has 2 aromatic rings. The van der Waals surface area contributed by atoms with Gasteiger partial charge >= 0.3 is 0 Å². The quantitative estimate of drug-likeness (QED) is 0.642. The number of hydrogen-bond donors (Lipinski definition) is 1. The normalized spacial score (nSPS) is 16.2. The molecule has 168 valence electrons.